The number of hydrogen-bond donors (Lipinski definition) is 1. The van der Waals surface area contributed by atoms with E-state index in [4.69, 9.17) is 9.47 Å². The summed E-state index contributed by atoms with van der Waals surface area (Å²) < 4.78 is 10.8. The summed E-state index contributed by atoms with van der Waals surface area (Å²) in [5.41, 5.74) is -0.146. The van der Waals surface area contributed by atoms with Crippen LogP contribution in [0.25, 0.3) is 0 Å². The quantitative estimate of drug-likeness (QED) is 0.679. The fourth-order valence-electron chi connectivity index (χ4n) is 1.16. The van der Waals surface area contributed by atoms with Crippen LogP contribution in [-0.4, -0.2) is 43.3 Å². The largest absolute Gasteiger partial charge is 0.380 e. The van der Waals surface area contributed by atoms with Gasteiger partial charge in [-0.1, -0.05) is 0 Å². The Morgan fingerprint density at radius 1 is 1.06 bits per heavy atom. The highest BCUT2D eigenvalue weighted by Gasteiger charge is 2.12. The van der Waals surface area contributed by atoms with Crippen LogP contribution in [0.15, 0.2) is 0 Å². The minimum Gasteiger partial charge on any atom is -0.380 e. The summed E-state index contributed by atoms with van der Waals surface area (Å²) in [5.74, 6) is 0.0914. The monoisotopic (exact) mass is 259 g/mol. The third kappa shape index (κ3) is 13.6. The molecule has 18 heavy (non-hydrogen) atoms. The van der Waals surface area contributed by atoms with Crippen molar-refractivity contribution in [2.24, 2.45) is 0 Å². The number of nitrogens with one attached hydrogen (secondary N) is 1. The van der Waals surface area contributed by atoms with E-state index < -0.39 is 0 Å². The molecule has 4 heteroatoms. The Balaban J connectivity index is 3.42. The molecular weight excluding hydrogens is 230 g/mol. The first-order valence-corrected chi connectivity index (χ1v) is 6.58. The van der Waals surface area contributed by atoms with Crippen molar-refractivity contribution in [3.05, 3.63) is 0 Å². The molecule has 0 unspecified atom stereocenters. The van der Waals surface area contributed by atoms with Crippen molar-refractivity contribution < 1.29 is 14.3 Å². The average Bonchev–Trinajstić information content (AvgIpc) is 2.17. The van der Waals surface area contributed by atoms with Gasteiger partial charge in [-0.05, 0) is 41.5 Å². The minimum atomic E-state index is -0.257. The maximum absolute atomic E-state index is 11.5. The van der Waals surface area contributed by atoms with Crippen molar-refractivity contribution in [2.45, 2.75) is 59.1 Å². The lowest BCUT2D eigenvalue weighted by Crippen LogP contribution is -2.38. The van der Waals surface area contributed by atoms with Crippen LogP contribution in [0.5, 0.6) is 0 Å². The van der Waals surface area contributed by atoms with Crippen molar-refractivity contribution in [2.75, 3.05) is 26.4 Å². The number of carbonyl (C=O) groups excluding carboxylic acids is 1. The van der Waals surface area contributed by atoms with Gasteiger partial charge in [0.15, 0.2) is 5.78 Å². The van der Waals surface area contributed by atoms with E-state index in [1.165, 1.54) is 0 Å². The molecule has 0 fully saturated rings. The number of rotatable bonds is 8. The molecular formula is C14H29NO3. The molecule has 4 nitrogen and oxygen atoms in total. The average molecular weight is 259 g/mol. The molecule has 0 bridgehead atoms. The molecule has 0 saturated carbocycles. The highest BCUT2D eigenvalue weighted by molar-refractivity contribution is 5.79. The van der Waals surface area contributed by atoms with Crippen LogP contribution < -0.4 is 5.32 Å². The lowest BCUT2D eigenvalue weighted by Gasteiger charge is -2.20. The zero-order valence-corrected chi connectivity index (χ0v) is 12.8. The SMILES string of the molecule is CC(C)(C)NCCOCCC(=O)COC(C)(C)C. The lowest BCUT2D eigenvalue weighted by atomic mass is 10.1. The summed E-state index contributed by atoms with van der Waals surface area (Å²) >= 11 is 0. The highest BCUT2D eigenvalue weighted by Crippen LogP contribution is 2.06. The van der Waals surface area contributed by atoms with Crippen molar-refractivity contribution in [1.82, 2.24) is 5.32 Å². The van der Waals surface area contributed by atoms with Gasteiger partial charge in [0.25, 0.3) is 0 Å². The molecule has 0 aromatic rings. The van der Waals surface area contributed by atoms with E-state index in [2.05, 4.69) is 26.1 Å². The van der Waals surface area contributed by atoms with Crippen LogP contribution >= 0.6 is 0 Å². The zero-order valence-electron chi connectivity index (χ0n) is 12.8. The summed E-state index contributed by atoms with van der Waals surface area (Å²) in [6.45, 7) is 14.2. The predicted molar refractivity (Wildman–Crippen MR) is 73.9 cm³/mol. The fraction of sp³-hybridized carbons (Fsp3) is 0.929. The second-order valence-electron chi connectivity index (χ2n) is 6.48. The Morgan fingerprint density at radius 2 is 1.67 bits per heavy atom. The summed E-state index contributed by atoms with van der Waals surface area (Å²) in [6.07, 6.45) is 0.422. The van der Waals surface area contributed by atoms with Crippen LogP contribution in [0, 0.1) is 0 Å². The smallest absolute Gasteiger partial charge is 0.160 e. The first-order chi connectivity index (χ1) is 8.10. The highest BCUT2D eigenvalue weighted by atomic mass is 16.5. The number of ether oxygens (including phenoxy) is 2. The van der Waals surface area contributed by atoms with E-state index in [1.807, 2.05) is 20.8 Å². The molecule has 108 valence electrons. The van der Waals surface area contributed by atoms with Gasteiger partial charge in [-0.25, -0.2) is 0 Å². The van der Waals surface area contributed by atoms with Gasteiger partial charge in [-0.3, -0.25) is 4.79 Å². The summed E-state index contributed by atoms with van der Waals surface area (Å²) in [5, 5.41) is 3.32. The van der Waals surface area contributed by atoms with Gasteiger partial charge >= 0.3 is 0 Å². The Labute approximate surface area is 111 Å². The molecule has 0 saturated heterocycles. The van der Waals surface area contributed by atoms with Crippen LogP contribution in [0.3, 0.4) is 0 Å². The van der Waals surface area contributed by atoms with E-state index in [0.717, 1.165) is 6.54 Å². The van der Waals surface area contributed by atoms with Gasteiger partial charge in [0.2, 0.25) is 0 Å². The molecule has 0 atom stereocenters. The van der Waals surface area contributed by atoms with Crippen LogP contribution in [0.1, 0.15) is 48.0 Å². The Hall–Kier alpha value is -0.450. The number of Topliss-reactive ketones (excluding diaryl/α,β-unsaturated/α-hetero) is 1. The molecule has 0 radical (unpaired) electrons. The molecule has 1 N–H and O–H groups in total. The van der Waals surface area contributed by atoms with Crippen molar-refractivity contribution in [1.29, 1.82) is 0 Å². The van der Waals surface area contributed by atoms with Crippen LogP contribution in [-0.2, 0) is 14.3 Å². The van der Waals surface area contributed by atoms with E-state index in [-0.39, 0.29) is 23.5 Å². The molecule has 0 aromatic carbocycles. The second-order valence-corrected chi connectivity index (χ2v) is 6.48. The fourth-order valence-corrected chi connectivity index (χ4v) is 1.16. The standard InChI is InChI=1S/C14H29NO3/c1-13(2,3)15-8-10-17-9-7-12(16)11-18-14(4,5)6/h15H,7-11H2,1-6H3. The van der Waals surface area contributed by atoms with Gasteiger partial charge < -0.3 is 14.8 Å². The van der Waals surface area contributed by atoms with Gasteiger partial charge in [-0.2, -0.15) is 0 Å². The third-order valence-corrected chi connectivity index (χ3v) is 2.09. The molecule has 0 rings (SSSR count). The van der Waals surface area contributed by atoms with Gasteiger partial charge in [0.05, 0.1) is 18.8 Å². The van der Waals surface area contributed by atoms with Gasteiger partial charge in [-0.15, -0.1) is 0 Å². The van der Waals surface area contributed by atoms with Crippen molar-refractivity contribution in [3.63, 3.8) is 0 Å². The van der Waals surface area contributed by atoms with E-state index in [9.17, 15) is 4.79 Å². The molecule has 0 aliphatic rings. The third-order valence-electron chi connectivity index (χ3n) is 2.09. The molecule has 0 aliphatic carbocycles. The summed E-state index contributed by atoms with van der Waals surface area (Å²) in [7, 11) is 0. The number of carbonyl (C=O) groups is 1. The second kappa shape index (κ2) is 7.87. The lowest BCUT2D eigenvalue weighted by molar-refractivity contribution is -0.129. The van der Waals surface area contributed by atoms with Crippen molar-refractivity contribution >= 4 is 5.78 Å². The van der Waals surface area contributed by atoms with E-state index in [1.54, 1.807) is 0 Å². The Morgan fingerprint density at radius 3 is 2.17 bits per heavy atom. The summed E-state index contributed by atoms with van der Waals surface area (Å²) in [4.78, 5) is 11.5. The number of ketones is 1. The Bertz CT molecular complexity index is 238. The van der Waals surface area contributed by atoms with Crippen LogP contribution in [0.4, 0.5) is 0 Å². The zero-order chi connectivity index (χ0) is 14.2. The maximum atomic E-state index is 11.5. The molecule has 0 aromatic heterocycles. The molecule has 0 heterocycles. The van der Waals surface area contributed by atoms with Crippen molar-refractivity contribution in [3.8, 4) is 0 Å². The summed E-state index contributed by atoms with van der Waals surface area (Å²) in [6, 6.07) is 0. The normalized spacial score (nSPS) is 12.8. The van der Waals surface area contributed by atoms with Crippen LogP contribution in [0.2, 0.25) is 0 Å². The van der Waals surface area contributed by atoms with E-state index in [0.29, 0.717) is 19.6 Å². The Kier molecular flexibility index (Phi) is 7.67. The molecule has 0 aliphatic heterocycles. The first kappa shape index (κ1) is 17.6. The number of hydrogen-bond acceptors (Lipinski definition) is 4. The van der Waals surface area contributed by atoms with E-state index >= 15 is 0 Å². The topological polar surface area (TPSA) is 47.6 Å². The molecule has 0 spiro atoms. The van der Waals surface area contributed by atoms with Gasteiger partial charge in [0, 0.05) is 18.5 Å². The maximum Gasteiger partial charge on any atom is 0.160 e. The first-order valence-electron chi connectivity index (χ1n) is 6.58. The molecule has 0 amide bonds. The van der Waals surface area contributed by atoms with Gasteiger partial charge in [0.1, 0.15) is 6.61 Å². The minimum absolute atomic E-state index is 0.0914. The predicted octanol–water partition coefficient (Wildman–Crippen LogP) is 2.17.